The van der Waals surface area contributed by atoms with E-state index >= 15 is 0 Å². The van der Waals surface area contributed by atoms with Crippen LogP contribution >= 0.6 is 11.3 Å². The van der Waals surface area contributed by atoms with Gasteiger partial charge in [0.1, 0.15) is 5.82 Å². The highest BCUT2D eigenvalue weighted by Crippen LogP contribution is 2.25. The van der Waals surface area contributed by atoms with Gasteiger partial charge < -0.3 is 5.73 Å². The van der Waals surface area contributed by atoms with Gasteiger partial charge in [-0.1, -0.05) is 13.8 Å². The second-order valence-electron chi connectivity index (χ2n) is 4.52. The number of nitrogens with zero attached hydrogens (tertiary/aromatic N) is 1. The topological polar surface area (TPSA) is 85.1 Å². The maximum absolute atomic E-state index is 13.1. The van der Waals surface area contributed by atoms with Crippen molar-refractivity contribution < 1.29 is 12.8 Å². The Bertz CT molecular complexity index is 726. The second-order valence-corrected chi connectivity index (χ2v) is 7.06. The number of aromatic nitrogens is 1. The molecule has 1 aromatic carbocycles. The molecule has 5 nitrogen and oxygen atoms in total. The first-order chi connectivity index (χ1) is 9.29. The molecule has 0 unspecified atom stereocenters. The average molecular weight is 315 g/mol. The highest BCUT2D eigenvalue weighted by Gasteiger charge is 2.18. The summed E-state index contributed by atoms with van der Waals surface area (Å²) in [6, 6.07) is 3.25. The summed E-state index contributed by atoms with van der Waals surface area (Å²) in [7, 11) is -3.81. The van der Waals surface area contributed by atoms with Gasteiger partial charge in [-0.3, -0.25) is 4.72 Å². The van der Waals surface area contributed by atoms with Crippen molar-refractivity contribution in [3.05, 3.63) is 35.1 Å². The Labute approximate surface area is 120 Å². The summed E-state index contributed by atoms with van der Waals surface area (Å²) in [6.07, 6.45) is 0. The largest absolute Gasteiger partial charge is 0.396 e. The van der Waals surface area contributed by atoms with Crippen LogP contribution in [0.1, 0.15) is 25.5 Å². The molecule has 1 aromatic heterocycles. The number of hydrogen-bond acceptors (Lipinski definition) is 5. The van der Waals surface area contributed by atoms with E-state index in [1.807, 2.05) is 13.8 Å². The lowest BCUT2D eigenvalue weighted by molar-refractivity contribution is 0.600. The monoisotopic (exact) mass is 315 g/mol. The number of hydrogen-bond donors (Lipinski definition) is 2. The zero-order chi connectivity index (χ0) is 14.9. The van der Waals surface area contributed by atoms with E-state index < -0.39 is 15.8 Å². The number of thiazole rings is 1. The number of nitrogens with one attached hydrogen (secondary N) is 1. The van der Waals surface area contributed by atoms with E-state index in [9.17, 15) is 12.8 Å². The fourth-order valence-electron chi connectivity index (χ4n) is 1.46. The number of nitrogens with two attached hydrogens (primary N) is 1. The maximum atomic E-state index is 13.1. The van der Waals surface area contributed by atoms with Crippen LogP contribution in [0.25, 0.3) is 0 Å². The molecule has 108 valence electrons. The van der Waals surface area contributed by atoms with Crippen molar-refractivity contribution in [1.82, 2.24) is 4.98 Å². The number of halogens is 1. The van der Waals surface area contributed by atoms with E-state index in [1.54, 1.807) is 5.38 Å². The third-order valence-electron chi connectivity index (χ3n) is 2.61. The Kier molecular flexibility index (Phi) is 3.96. The predicted molar refractivity (Wildman–Crippen MR) is 77.8 cm³/mol. The highest BCUT2D eigenvalue weighted by molar-refractivity contribution is 7.93. The Balaban J connectivity index is 2.28. The van der Waals surface area contributed by atoms with Crippen LogP contribution in [0.2, 0.25) is 0 Å². The summed E-state index contributed by atoms with van der Waals surface area (Å²) in [5.74, 6) is -0.439. The van der Waals surface area contributed by atoms with E-state index in [-0.39, 0.29) is 21.6 Å². The average Bonchev–Trinajstić information content (AvgIpc) is 2.80. The molecule has 3 N–H and O–H groups in total. The SMILES string of the molecule is CC(C)c1csc(NS(=O)(=O)c2ccc(F)c(N)c2)n1. The van der Waals surface area contributed by atoms with Gasteiger partial charge in [0, 0.05) is 5.38 Å². The van der Waals surface area contributed by atoms with Gasteiger partial charge in [-0.05, 0) is 24.1 Å². The summed E-state index contributed by atoms with van der Waals surface area (Å²) < 4.78 is 39.7. The van der Waals surface area contributed by atoms with Crippen molar-refractivity contribution >= 4 is 32.2 Å². The molecule has 8 heteroatoms. The summed E-state index contributed by atoms with van der Waals surface area (Å²) in [4.78, 5) is 4.08. The number of sulfonamides is 1. The number of benzene rings is 1. The van der Waals surface area contributed by atoms with Crippen LogP contribution in [0.4, 0.5) is 15.2 Å². The van der Waals surface area contributed by atoms with Gasteiger partial charge in [0.2, 0.25) is 0 Å². The van der Waals surface area contributed by atoms with Crippen molar-refractivity contribution in [1.29, 1.82) is 0 Å². The van der Waals surface area contributed by atoms with Crippen molar-refractivity contribution in [2.24, 2.45) is 0 Å². The molecular weight excluding hydrogens is 301 g/mol. The van der Waals surface area contributed by atoms with Crippen LogP contribution in [0.15, 0.2) is 28.5 Å². The molecule has 0 fully saturated rings. The first-order valence-corrected chi connectivity index (χ1v) is 8.19. The predicted octanol–water partition coefficient (Wildman–Crippen LogP) is 2.79. The van der Waals surface area contributed by atoms with E-state index in [2.05, 4.69) is 9.71 Å². The standard InChI is InChI=1S/C12H14FN3O2S2/c1-7(2)11-6-19-12(15-11)16-20(17,18)8-3-4-9(13)10(14)5-8/h3-7H,14H2,1-2H3,(H,15,16). The zero-order valence-electron chi connectivity index (χ0n) is 10.9. The minimum atomic E-state index is -3.81. The molecule has 0 aliphatic carbocycles. The summed E-state index contributed by atoms with van der Waals surface area (Å²) >= 11 is 1.20. The molecule has 0 aliphatic rings. The molecule has 0 aliphatic heterocycles. The van der Waals surface area contributed by atoms with Crippen molar-refractivity contribution in [2.45, 2.75) is 24.7 Å². The van der Waals surface area contributed by atoms with E-state index in [0.29, 0.717) is 0 Å². The summed E-state index contributed by atoms with van der Waals surface area (Å²) in [5, 5.41) is 2.07. The van der Waals surface area contributed by atoms with E-state index in [0.717, 1.165) is 23.9 Å². The molecule has 0 bridgehead atoms. The van der Waals surface area contributed by atoms with Crippen LogP contribution in [0.3, 0.4) is 0 Å². The van der Waals surface area contributed by atoms with Crippen LogP contribution < -0.4 is 10.5 Å². The molecule has 0 amide bonds. The Morgan fingerprint density at radius 1 is 1.40 bits per heavy atom. The lowest BCUT2D eigenvalue weighted by Crippen LogP contribution is -2.13. The lowest BCUT2D eigenvalue weighted by atomic mass is 10.2. The molecular formula is C12H14FN3O2S2. The van der Waals surface area contributed by atoms with E-state index in [1.165, 1.54) is 11.3 Å². The van der Waals surface area contributed by atoms with Crippen molar-refractivity contribution in [3.63, 3.8) is 0 Å². The molecule has 0 saturated carbocycles. The fraction of sp³-hybridized carbons (Fsp3) is 0.250. The van der Waals surface area contributed by atoms with E-state index in [4.69, 9.17) is 5.73 Å². The molecule has 1 heterocycles. The minimum Gasteiger partial charge on any atom is -0.396 e. The fourth-order valence-corrected chi connectivity index (χ4v) is 3.62. The Hall–Kier alpha value is -1.67. The quantitative estimate of drug-likeness (QED) is 0.850. The molecule has 20 heavy (non-hydrogen) atoms. The Morgan fingerprint density at radius 2 is 2.10 bits per heavy atom. The lowest BCUT2D eigenvalue weighted by Gasteiger charge is -2.06. The zero-order valence-corrected chi connectivity index (χ0v) is 12.6. The van der Waals surface area contributed by atoms with Gasteiger partial charge >= 0.3 is 0 Å². The summed E-state index contributed by atoms with van der Waals surface area (Å²) in [5.41, 5.74) is 5.97. The molecule has 0 saturated heterocycles. The van der Waals surface area contributed by atoms with Gasteiger partial charge in [0.15, 0.2) is 5.13 Å². The smallest absolute Gasteiger partial charge is 0.263 e. The second kappa shape index (κ2) is 5.37. The van der Waals surface area contributed by atoms with Gasteiger partial charge in [-0.25, -0.2) is 17.8 Å². The Morgan fingerprint density at radius 3 is 2.65 bits per heavy atom. The summed E-state index contributed by atoms with van der Waals surface area (Å²) in [6.45, 7) is 3.93. The first kappa shape index (κ1) is 14.7. The van der Waals surface area contributed by atoms with Crippen LogP contribution in [-0.4, -0.2) is 13.4 Å². The highest BCUT2D eigenvalue weighted by atomic mass is 32.2. The number of rotatable bonds is 4. The van der Waals surface area contributed by atoms with Crippen molar-refractivity contribution in [3.8, 4) is 0 Å². The molecule has 0 spiro atoms. The van der Waals surface area contributed by atoms with Gasteiger partial charge in [0.05, 0.1) is 16.3 Å². The number of nitrogen functional groups attached to an aromatic ring is 1. The van der Waals surface area contributed by atoms with Crippen LogP contribution in [0.5, 0.6) is 0 Å². The minimum absolute atomic E-state index is 0.0994. The maximum Gasteiger partial charge on any atom is 0.263 e. The number of anilines is 2. The van der Waals surface area contributed by atoms with Crippen LogP contribution in [0, 0.1) is 5.82 Å². The van der Waals surface area contributed by atoms with Gasteiger partial charge in [-0.2, -0.15) is 0 Å². The molecule has 0 radical (unpaired) electrons. The van der Waals surface area contributed by atoms with Gasteiger partial charge in [0.25, 0.3) is 10.0 Å². The molecule has 0 atom stereocenters. The third-order valence-corrected chi connectivity index (χ3v) is 4.85. The van der Waals surface area contributed by atoms with Gasteiger partial charge in [-0.15, -0.1) is 11.3 Å². The molecule has 2 aromatic rings. The first-order valence-electron chi connectivity index (χ1n) is 5.83. The van der Waals surface area contributed by atoms with Crippen LogP contribution in [-0.2, 0) is 10.0 Å². The normalized spacial score (nSPS) is 11.8. The third kappa shape index (κ3) is 3.07. The van der Waals surface area contributed by atoms with Crippen molar-refractivity contribution in [2.75, 3.05) is 10.5 Å². The molecule has 2 rings (SSSR count).